The van der Waals surface area contributed by atoms with Crippen LogP contribution in [0.4, 0.5) is 26.3 Å². The number of aromatic nitrogens is 4. The lowest BCUT2D eigenvalue weighted by atomic mass is 10.0. The zero-order chi connectivity index (χ0) is 98.0. The molecule has 6 amide bonds. The average Bonchev–Trinajstić information content (AvgIpc) is 0.951. The van der Waals surface area contributed by atoms with Crippen molar-refractivity contribution in [3.05, 3.63) is 275 Å². The van der Waals surface area contributed by atoms with E-state index >= 15 is 0 Å². The Bertz CT molecular complexity index is 5650. The van der Waals surface area contributed by atoms with Crippen LogP contribution in [0.2, 0.25) is 0 Å². The largest absolute Gasteiger partial charge is 0.390 e. The molecule has 3 heterocycles. The number of unbranched alkanes of at least 4 members (excludes halogenated alkanes) is 3. The summed E-state index contributed by atoms with van der Waals surface area (Å²) >= 11 is 1.13. The van der Waals surface area contributed by atoms with E-state index in [4.69, 9.17) is 17.2 Å². The van der Waals surface area contributed by atoms with Crippen LogP contribution in [-0.4, -0.2) is 220 Å². The summed E-state index contributed by atoms with van der Waals surface area (Å²) in [5.41, 5.74) is 25.7. The number of amides is 6. The van der Waals surface area contributed by atoms with Crippen molar-refractivity contribution in [3.8, 4) is 0 Å². The van der Waals surface area contributed by atoms with Gasteiger partial charge in [0, 0.05) is 93.7 Å². The fourth-order valence-corrected chi connectivity index (χ4v) is 20.2. The summed E-state index contributed by atoms with van der Waals surface area (Å²) in [5, 5.41) is 48.2. The van der Waals surface area contributed by atoms with Crippen LogP contribution in [0, 0.1) is 55.7 Å². The maximum atomic E-state index is 14.2. The summed E-state index contributed by atoms with van der Waals surface area (Å²) in [4.78, 5) is 94.0. The van der Waals surface area contributed by atoms with Gasteiger partial charge >= 0.3 is 0 Å². The molecule has 0 unspecified atom stereocenters. The van der Waals surface area contributed by atoms with E-state index in [0.717, 1.165) is 113 Å². The number of carbonyl (C=O) groups is 6. The second-order valence-electron chi connectivity index (χ2n) is 33.1. The standard InChI is InChI=1S/C32H42F2N4O5S2.C32H40F2N4O5S.C31H41F2N5O5S/c1-5-7-11-45(42,43)19-28(37-31(40)30-20(3)36-21(4)44-30)32(41)38(17-23-10-8-9-22(6-2)12-23)18-29(39)27(35)15-24-13-25(33)16-26(34)14-24;1-3-5-12-44(42,43)21-29(37-31(40)25-10-7-11-36-18-25)32(41)38(19-23-9-6-8-22(4-2)13-23)20-30(39)28(35)16-24-14-26(33)17-27(34)15-24;1-4-6-10-44(42,43)19-28(35-30(40)27-11-20(3)36-37-27)31(41)38(17-22-9-7-8-21(5-2)12-22)18-29(39)26(34)15-23-13-24(32)16-25(33)14-23/h8-10,12-14,16,27-29,39H,5-7,11,15,17-19,35H2,1-4H3,(H,37,40);6-11,13-15,17-18,28-30,39H,3-5,12,16,19-21,35H2,1-2H3,(H,37,40);7-9,11-14,16,26,28-29,39H,4-6,10,15,17-19,34H2,1-3H3,(H,35,40)(H,36,37)/t27-,28+,29+;28-,29+,30+;26-,28+,29+/m000/s1. The van der Waals surface area contributed by atoms with Gasteiger partial charge in [-0.1, -0.05) is 134 Å². The van der Waals surface area contributed by atoms with E-state index in [1.54, 1.807) is 45.0 Å². The molecule has 0 fully saturated rings. The minimum Gasteiger partial charge on any atom is -0.390 e. The Morgan fingerprint density at radius 1 is 0.429 bits per heavy atom. The normalized spacial score (nSPS) is 13.7. The molecule has 0 saturated carbocycles. The number of nitrogens with two attached hydrogens (primary N) is 3. The van der Waals surface area contributed by atoms with E-state index in [1.165, 1.54) is 39.2 Å². The lowest BCUT2D eigenvalue weighted by molar-refractivity contribution is -0.135. The van der Waals surface area contributed by atoms with Crippen LogP contribution in [0.5, 0.6) is 0 Å². The Morgan fingerprint density at radius 3 is 1.04 bits per heavy atom. The number of nitrogens with one attached hydrogen (secondary N) is 4. The number of thiazole rings is 1. The van der Waals surface area contributed by atoms with E-state index in [2.05, 4.69) is 36.1 Å². The Morgan fingerprint density at radius 2 is 0.752 bits per heavy atom. The number of H-pyrrole nitrogens is 1. The summed E-state index contributed by atoms with van der Waals surface area (Å²) in [5.74, 6) is -11.4. The number of carbonyl (C=O) groups excluding carboxylic acids is 6. The molecule has 0 spiro atoms. The number of aliphatic hydroxyl groups is 3. The molecule has 9 atom stereocenters. The van der Waals surface area contributed by atoms with Crippen LogP contribution in [0.1, 0.15) is 177 Å². The Balaban J connectivity index is 0.000000272. The van der Waals surface area contributed by atoms with E-state index in [0.29, 0.717) is 60.5 Å². The molecule has 38 heteroatoms. The maximum Gasteiger partial charge on any atom is 0.272 e. The highest BCUT2D eigenvalue weighted by atomic mass is 32.2. The number of hydrogen-bond donors (Lipinski definition) is 10. The van der Waals surface area contributed by atoms with Gasteiger partial charge in [0.2, 0.25) is 17.7 Å². The first-order chi connectivity index (χ1) is 62.9. The molecule has 3 aromatic heterocycles. The first kappa shape index (κ1) is 109. The molecular formula is C95H123F6N13O15S4. The van der Waals surface area contributed by atoms with E-state index in [-0.39, 0.29) is 109 Å². The lowest BCUT2D eigenvalue weighted by Crippen LogP contribution is -2.54. The Kier molecular flexibility index (Phi) is 43.4. The monoisotopic (exact) mass is 1930 g/mol. The molecule has 724 valence electrons. The summed E-state index contributed by atoms with van der Waals surface area (Å²) in [6, 6.07) is 28.2. The fourth-order valence-electron chi connectivity index (χ4n) is 14.5. The van der Waals surface area contributed by atoms with Gasteiger partial charge in [0.25, 0.3) is 17.7 Å². The van der Waals surface area contributed by atoms with Crippen LogP contribution in [0.15, 0.2) is 158 Å². The topological polar surface area (TPSA) is 444 Å². The molecular weight excluding hydrogens is 1810 g/mol. The molecule has 0 aliphatic heterocycles. The zero-order valence-corrected chi connectivity index (χ0v) is 79.5. The van der Waals surface area contributed by atoms with Gasteiger partial charge in [-0.25, -0.2) is 56.6 Å². The minimum atomic E-state index is -3.77. The predicted octanol–water partition coefficient (Wildman–Crippen LogP) is 9.90. The summed E-state index contributed by atoms with van der Waals surface area (Å²) in [7, 11) is -11.3. The predicted molar refractivity (Wildman–Crippen MR) is 499 cm³/mol. The van der Waals surface area contributed by atoms with Crippen LogP contribution >= 0.6 is 11.3 Å². The molecule has 13 N–H and O–H groups in total. The van der Waals surface area contributed by atoms with Crippen LogP contribution in [-0.2, 0) is 102 Å². The van der Waals surface area contributed by atoms with Crippen molar-refractivity contribution in [2.75, 3.05) is 54.2 Å². The minimum absolute atomic E-state index is 0.00881. The number of aliphatic hydroxyl groups excluding tert-OH is 3. The van der Waals surface area contributed by atoms with Crippen molar-refractivity contribution in [3.63, 3.8) is 0 Å². The van der Waals surface area contributed by atoms with Crippen molar-refractivity contribution >= 4 is 76.3 Å². The van der Waals surface area contributed by atoms with E-state index in [1.807, 2.05) is 96.1 Å². The zero-order valence-electron chi connectivity index (χ0n) is 76.2. The molecule has 0 radical (unpaired) electrons. The number of nitrogens with zero attached hydrogens (tertiary/aromatic N) is 6. The van der Waals surface area contributed by atoms with Gasteiger partial charge in [0.15, 0.2) is 29.5 Å². The molecule has 0 aliphatic rings. The van der Waals surface area contributed by atoms with Gasteiger partial charge in [-0.05, 0) is 183 Å². The van der Waals surface area contributed by atoms with Crippen molar-refractivity contribution in [2.45, 2.75) is 214 Å². The molecule has 6 aromatic carbocycles. The molecule has 0 aliphatic carbocycles. The highest BCUT2D eigenvalue weighted by molar-refractivity contribution is 7.92. The lowest BCUT2D eigenvalue weighted by Gasteiger charge is -2.31. The van der Waals surface area contributed by atoms with Gasteiger partial charge in [-0.3, -0.25) is 38.8 Å². The fraction of sp³-hybridized carbons (Fsp3) is 0.442. The van der Waals surface area contributed by atoms with Crippen molar-refractivity contribution in [1.29, 1.82) is 0 Å². The van der Waals surface area contributed by atoms with Crippen molar-refractivity contribution < 1.29 is 95.7 Å². The summed E-state index contributed by atoms with van der Waals surface area (Å²) in [6.07, 6.45) is 3.70. The first-order valence-electron chi connectivity index (χ1n) is 44.1. The number of hydrogen-bond acceptors (Lipinski definition) is 22. The number of benzene rings is 6. The average molecular weight is 1930 g/mol. The molecule has 0 saturated heterocycles. The highest BCUT2D eigenvalue weighted by Crippen LogP contribution is 2.24. The highest BCUT2D eigenvalue weighted by Gasteiger charge is 2.38. The number of aromatic amines is 1. The number of rotatable bonds is 48. The molecule has 9 rings (SSSR count). The second kappa shape index (κ2) is 52.8. The maximum absolute atomic E-state index is 14.2. The SMILES string of the molecule is CCCCS(=O)(=O)C[C@@H](NC(=O)c1cc(C)[nH]n1)C(=O)N(Cc1cccc(CC)c1)C[C@@H](O)[C@@H](N)Cc1cc(F)cc(F)c1.CCCCS(=O)(=O)C[C@@H](NC(=O)c1cccnc1)C(=O)N(Cc1cccc(CC)c1)C[C@@H](O)[C@@H](N)Cc1cc(F)cc(F)c1.CCCCS(=O)(=O)C[C@@H](NC(=O)c1sc(C)nc1C)C(=O)N(Cc1cccc(CC)c1)C[C@@H](O)[C@@H](N)Cc1cc(F)cc(F)c1. The third kappa shape index (κ3) is 36.9. The molecule has 133 heavy (non-hydrogen) atoms. The van der Waals surface area contributed by atoms with Crippen molar-refractivity contribution in [2.24, 2.45) is 17.2 Å². The van der Waals surface area contributed by atoms with Crippen LogP contribution in [0.3, 0.4) is 0 Å². The van der Waals surface area contributed by atoms with Gasteiger partial charge in [0.1, 0.15) is 63.6 Å². The third-order valence-corrected chi connectivity index (χ3v) is 27.9. The number of aryl methyl sites for hydroxylation is 6. The van der Waals surface area contributed by atoms with Crippen molar-refractivity contribution in [1.82, 2.24) is 50.8 Å². The van der Waals surface area contributed by atoms with Gasteiger partial charge in [-0.2, -0.15) is 5.10 Å². The second-order valence-corrected chi connectivity index (χ2v) is 41.0. The summed E-state index contributed by atoms with van der Waals surface area (Å²) in [6.45, 7) is 15.5. The number of sulfone groups is 3. The third-order valence-electron chi connectivity index (χ3n) is 21.6. The summed E-state index contributed by atoms with van der Waals surface area (Å²) < 4.78 is 161. The van der Waals surface area contributed by atoms with Gasteiger partial charge < -0.3 is 63.2 Å². The van der Waals surface area contributed by atoms with Gasteiger partial charge in [-0.15, -0.1) is 11.3 Å². The first-order valence-corrected chi connectivity index (χ1v) is 50.3. The van der Waals surface area contributed by atoms with Crippen LogP contribution in [0.25, 0.3) is 0 Å². The molecule has 28 nitrogen and oxygen atoms in total. The smallest absolute Gasteiger partial charge is 0.272 e. The quantitative estimate of drug-likeness (QED) is 0.0158. The van der Waals surface area contributed by atoms with Gasteiger partial charge in [0.05, 0.1) is 69.1 Å². The van der Waals surface area contributed by atoms with E-state index in [9.17, 15) is 95.7 Å². The Labute approximate surface area is 778 Å². The molecule has 0 bridgehead atoms. The Hall–Kier alpha value is -10.7. The number of pyridine rings is 1. The molecule has 9 aromatic rings. The van der Waals surface area contributed by atoms with Crippen LogP contribution < -0.4 is 33.2 Å². The van der Waals surface area contributed by atoms with E-state index < -0.39 is 172 Å². The number of halogens is 6.